The summed E-state index contributed by atoms with van der Waals surface area (Å²) in [6, 6.07) is 0. The summed E-state index contributed by atoms with van der Waals surface area (Å²) in [7, 11) is 0. The lowest BCUT2D eigenvalue weighted by atomic mass is 9.99. The zero-order valence-electron chi connectivity index (χ0n) is 7.98. The van der Waals surface area contributed by atoms with Gasteiger partial charge in [0.2, 0.25) is 0 Å². The fraction of sp³-hybridized carbons (Fsp3) is 0.875. The van der Waals surface area contributed by atoms with Crippen LogP contribution in [0.15, 0.2) is 0 Å². The molecule has 4 heteroatoms. The van der Waals surface area contributed by atoms with Crippen molar-refractivity contribution >= 4 is 17.0 Å². The van der Waals surface area contributed by atoms with E-state index in [1.807, 2.05) is 0 Å². The van der Waals surface area contributed by atoms with Crippen LogP contribution in [0.3, 0.4) is 0 Å². The van der Waals surface area contributed by atoms with Crippen molar-refractivity contribution in [3.63, 3.8) is 0 Å². The highest BCUT2D eigenvalue weighted by Gasteiger charge is 2.32. The lowest BCUT2D eigenvalue weighted by Crippen LogP contribution is -2.46. The molecule has 0 aromatic carbocycles. The first-order valence-corrected chi connectivity index (χ1v) is 5.23. The summed E-state index contributed by atoms with van der Waals surface area (Å²) in [6.07, 6.45) is 1.93. The van der Waals surface area contributed by atoms with Gasteiger partial charge in [-0.1, -0.05) is 32.5 Å². The maximum Gasteiger partial charge on any atom is 0.281 e. The van der Waals surface area contributed by atoms with Crippen molar-refractivity contribution in [3.8, 4) is 0 Å². The molecule has 0 aliphatic rings. The Morgan fingerprint density at radius 2 is 2.17 bits per heavy atom. The summed E-state index contributed by atoms with van der Waals surface area (Å²) >= 11 is 0.994. The van der Waals surface area contributed by atoms with E-state index in [0.29, 0.717) is 6.42 Å². The Morgan fingerprint density at radius 3 is 2.42 bits per heavy atom. The number of hydrogen-bond donors (Lipinski definition) is 1. The largest absolute Gasteiger partial charge is 0.315 e. The van der Waals surface area contributed by atoms with Gasteiger partial charge in [0.1, 0.15) is 0 Å². The quantitative estimate of drug-likeness (QED) is 0.698. The first kappa shape index (κ1) is 11.8. The highest BCUT2D eigenvalue weighted by atomic mass is 32.2. The molecular weight excluding hydrogens is 177 g/mol. The van der Waals surface area contributed by atoms with Gasteiger partial charge in [0.15, 0.2) is 5.79 Å². The lowest BCUT2D eigenvalue weighted by molar-refractivity contribution is 0.0703. The summed E-state index contributed by atoms with van der Waals surface area (Å²) in [5.74, 6) is -1.75. The van der Waals surface area contributed by atoms with Gasteiger partial charge in [-0.05, 0) is 12.7 Å². The topological polar surface area (TPSA) is 29.1 Å². The molecule has 0 bridgehead atoms. The zero-order chi connectivity index (χ0) is 9.78. The molecule has 0 fully saturated rings. The molecule has 1 atom stereocenters. The molecule has 0 aliphatic heterocycles. The van der Waals surface area contributed by atoms with Crippen LogP contribution in [0.1, 0.15) is 27.2 Å². The SMILES string of the molecule is CCC(F)(NC(=O)SC)C(C)C. The van der Waals surface area contributed by atoms with Crippen molar-refractivity contribution in [1.29, 1.82) is 0 Å². The van der Waals surface area contributed by atoms with Crippen molar-refractivity contribution < 1.29 is 9.18 Å². The van der Waals surface area contributed by atoms with Crippen LogP contribution in [-0.4, -0.2) is 17.3 Å². The molecule has 0 aromatic heterocycles. The van der Waals surface area contributed by atoms with Gasteiger partial charge in [-0.3, -0.25) is 4.79 Å². The second kappa shape index (κ2) is 4.70. The molecule has 72 valence electrons. The summed E-state index contributed by atoms with van der Waals surface area (Å²) in [4.78, 5) is 10.9. The van der Waals surface area contributed by atoms with E-state index in [2.05, 4.69) is 5.32 Å². The molecule has 0 radical (unpaired) electrons. The molecule has 0 saturated carbocycles. The van der Waals surface area contributed by atoms with Crippen LogP contribution in [0.5, 0.6) is 0 Å². The number of halogens is 1. The van der Waals surface area contributed by atoms with Crippen LogP contribution in [0.2, 0.25) is 0 Å². The highest BCUT2D eigenvalue weighted by Crippen LogP contribution is 2.23. The zero-order valence-corrected chi connectivity index (χ0v) is 8.80. The molecule has 1 N–H and O–H groups in total. The van der Waals surface area contributed by atoms with Gasteiger partial charge in [-0.15, -0.1) is 0 Å². The van der Waals surface area contributed by atoms with Gasteiger partial charge in [0.25, 0.3) is 5.24 Å². The van der Waals surface area contributed by atoms with Crippen molar-refractivity contribution in [2.75, 3.05) is 6.26 Å². The molecule has 1 amide bonds. The lowest BCUT2D eigenvalue weighted by Gasteiger charge is -2.28. The number of hydrogen-bond acceptors (Lipinski definition) is 2. The summed E-state index contributed by atoms with van der Waals surface area (Å²) < 4.78 is 13.7. The van der Waals surface area contributed by atoms with E-state index in [0.717, 1.165) is 11.8 Å². The number of carbonyl (C=O) groups excluding carboxylic acids is 1. The second-order valence-corrected chi connectivity index (χ2v) is 3.77. The van der Waals surface area contributed by atoms with E-state index < -0.39 is 5.79 Å². The molecule has 0 aromatic rings. The second-order valence-electron chi connectivity index (χ2n) is 2.99. The van der Waals surface area contributed by atoms with Crippen molar-refractivity contribution in [2.24, 2.45) is 5.92 Å². The van der Waals surface area contributed by atoms with E-state index in [-0.39, 0.29) is 11.2 Å². The molecule has 1 unspecified atom stereocenters. The van der Waals surface area contributed by atoms with E-state index in [1.165, 1.54) is 0 Å². The molecule has 0 aliphatic carbocycles. The average molecular weight is 193 g/mol. The Balaban J connectivity index is 4.23. The van der Waals surface area contributed by atoms with E-state index in [4.69, 9.17) is 0 Å². The van der Waals surface area contributed by atoms with Crippen molar-refractivity contribution in [3.05, 3.63) is 0 Å². The van der Waals surface area contributed by atoms with Crippen molar-refractivity contribution in [2.45, 2.75) is 33.0 Å². The number of amides is 1. The maximum atomic E-state index is 13.7. The molecule has 2 nitrogen and oxygen atoms in total. The molecule has 0 rings (SSSR count). The third kappa shape index (κ3) is 3.01. The minimum atomic E-state index is -1.56. The van der Waals surface area contributed by atoms with Gasteiger partial charge in [0, 0.05) is 5.92 Å². The molecule has 12 heavy (non-hydrogen) atoms. The first-order chi connectivity index (χ1) is 5.46. The van der Waals surface area contributed by atoms with Gasteiger partial charge >= 0.3 is 0 Å². The minimum Gasteiger partial charge on any atom is -0.315 e. The smallest absolute Gasteiger partial charge is 0.281 e. The molecule has 0 spiro atoms. The Labute approximate surface area is 77.3 Å². The van der Waals surface area contributed by atoms with Crippen LogP contribution in [0, 0.1) is 5.92 Å². The number of rotatable bonds is 3. The average Bonchev–Trinajstić information content (AvgIpc) is 2.03. The van der Waals surface area contributed by atoms with Gasteiger partial charge in [-0.25, -0.2) is 4.39 Å². The predicted octanol–water partition coefficient (Wildman–Crippen LogP) is 2.79. The van der Waals surface area contributed by atoms with Crippen LogP contribution in [-0.2, 0) is 0 Å². The Kier molecular flexibility index (Phi) is 4.60. The third-order valence-electron chi connectivity index (χ3n) is 1.92. The standard InChI is InChI=1S/C8H16FNOS/c1-5-8(9,6(2)3)10-7(11)12-4/h6H,5H2,1-4H3,(H,10,11). The maximum absolute atomic E-state index is 13.7. The minimum absolute atomic E-state index is 0.196. The van der Waals surface area contributed by atoms with Gasteiger partial charge in [0.05, 0.1) is 0 Å². The normalized spacial score (nSPS) is 15.8. The van der Waals surface area contributed by atoms with Crippen molar-refractivity contribution in [1.82, 2.24) is 5.32 Å². The van der Waals surface area contributed by atoms with Crippen LogP contribution < -0.4 is 5.32 Å². The molecule has 0 heterocycles. The van der Waals surface area contributed by atoms with E-state index in [9.17, 15) is 9.18 Å². The summed E-state index contributed by atoms with van der Waals surface area (Å²) in [5.41, 5.74) is 0. The number of carbonyl (C=O) groups is 1. The first-order valence-electron chi connectivity index (χ1n) is 4.01. The van der Waals surface area contributed by atoms with Crippen LogP contribution in [0.4, 0.5) is 9.18 Å². The Morgan fingerprint density at radius 1 is 1.67 bits per heavy atom. The van der Waals surface area contributed by atoms with Crippen LogP contribution >= 0.6 is 11.8 Å². The fourth-order valence-electron chi connectivity index (χ4n) is 0.862. The van der Waals surface area contributed by atoms with Crippen LogP contribution in [0.25, 0.3) is 0 Å². The summed E-state index contributed by atoms with van der Waals surface area (Å²) in [5, 5.41) is 2.04. The number of nitrogens with one attached hydrogen (secondary N) is 1. The molecular formula is C8H16FNOS. The van der Waals surface area contributed by atoms with Gasteiger partial charge < -0.3 is 5.32 Å². The fourth-order valence-corrected chi connectivity index (χ4v) is 1.13. The predicted molar refractivity (Wildman–Crippen MR) is 51.0 cm³/mol. The van der Waals surface area contributed by atoms with E-state index >= 15 is 0 Å². The van der Waals surface area contributed by atoms with Gasteiger partial charge in [-0.2, -0.15) is 0 Å². The molecule has 0 saturated heterocycles. The number of thioether (sulfide) groups is 1. The monoisotopic (exact) mass is 193 g/mol. The Bertz CT molecular complexity index is 163. The summed E-state index contributed by atoms with van der Waals surface area (Å²) in [6.45, 7) is 5.23. The Hall–Kier alpha value is -0.250. The third-order valence-corrected chi connectivity index (χ3v) is 2.40. The highest BCUT2D eigenvalue weighted by molar-refractivity contribution is 8.12. The van der Waals surface area contributed by atoms with E-state index in [1.54, 1.807) is 27.0 Å². The number of alkyl halides is 1.